The first kappa shape index (κ1) is 25.2. The molecule has 1 aliphatic rings. The van der Waals surface area contributed by atoms with Crippen LogP contribution in [0.25, 0.3) is 10.9 Å². The van der Waals surface area contributed by atoms with Gasteiger partial charge in [0.05, 0.1) is 58.1 Å². The summed E-state index contributed by atoms with van der Waals surface area (Å²) in [4.78, 5) is 4.28. The molecule has 202 valence electrons. The zero-order chi connectivity index (χ0) is 29.6. The van der Waals surface area contributed by atoms with Gasteiger partial charge in [-0.3, -0.25) is 4.98 Å². The smallest absolute Gasteiger partial charge is 0.168 e. The summed E-state index contributed by atoms with van der Waals surface area (Å²) >= 11 is 12.5. The van der Waals surface area contributed by atoms with E-state index in [1.807, 2.05) is 6.07 Å². The Bertz CT molecular complexity index is 1960. The Balaban J connectivity index is 1.51. The summed E-state index contributed by atoms with van der Waals surface area (Å²) in [6, 6.07) is 14.3. The lowest BCUT2D eigenvalue weighted by molar-refractivity contribution is 0.591. The number of pyridine rings is 1. The van der Waals surface area contributed by atoms with Gasteiger partial charge in [-0.1, -0.05) is 40.5 Å². The molecule has 2 heterocycles. The van der Waals surface area contributed by atoms with Crippen LogP contribution in [0.4, 0.5) is 25.8 Å². The van der Waals surface area contributed by atoms with E-state index in [2.05, 4.69) is 32.0 Å². The number of hydrogen-bond acceptors (Lipinski definition) is 7. The lowest BCUT2D eigenvalue weighted by atomic mass is 10.0. The van der Waals surface area contributed by atoms with Crippen molar-refractivity contribution in [2.24, 2.45) is 0 Å². The highest BCUT2D eigenvalue weighted by atomic mass is 35.5. The third kappa shape index (κ3) is 5.11. The quantitative estimate of drug-likeness (QED) is 0.190. The summed E-state index contributed by atoms with van der Waals surface area (Å²) in [5, 5.41) is 33.7. The third-order valence-corrected chi connectivity index (χ3v) is 7.16. The van der Waals surface area contributed by atoms with E-state index >= 15 is 0 Å². The van der Waals surface area contributed by atoms with Gasteiger partial charge in [0.15, 0.2) is 5.82 Å². The highest BCUT2D eigenvalue weighted by Crippen LogP contribution is 2.39. The molecular formula is C29H18Cl2F2N8. The first-order valence-electron chi connectivity index (χ1n) is 12.9. The Labute approximate surface area is 244 Å². The molecule has 0 amide bonds. The molecule has 2 N–H and O–H groups in total. The molecule has 0 aliphatic heterocycles. The standard InChI is InChI=1S/C29H18Cl2F2N8/c30-21-6-7-23(32)29(25(21)33)38-26-17(12-35)13-36-28-20(26)9-18(10-22(28)31)37-27(16-3-1-2-15(8-16)11-34)24-14-41(40-39-24)19-4-5-19/h1-3,6-10,13-14,19,27,37H,4-5H2,(H,36,38)/i27D. The largest absolute Gasteiger partial charge is 0.373 e. The summed E-state index contributed by atoms with van der Waals surface area (Å²) in [5.41, 5.74) is 1.04. The lowest BCUT2D eigenvalue weighted by Gasteiger charge is -2.20. The molecule has 6 rings (SSSR count). The molecule has 0 spiro atoms. The molecule has 5 aromatic rings. The minimum Gasteiger partial charge on any atom is -0.373 e. The third-order valence-electron chi connectivity index (χ3n) is 6.58. The van der Waals surface area contributed by atoms with Crippen LogP contribution in [0.1, 0.15) is 48.7 Å². The van der Waals surface area contributed by atoms with Gasteiger partial charge in [0.25, 0.3) is 0 Å². The van der Waals surface area contributed by atoms with Crippen LogP contribution in [-0.4, -0.2) is 20.0 Å². The Morgan fingerprint density at radius 1 is 1.05 bits per heavy atom. The number of anilines is 3. The van der Waals surface area contributed by atoms with Gasteiger partial charge in [-0.05, 0) is 54.8 Å². The molecule has 0 saturated heterocycles. The fourth-order valence-electron chi connectivity index (χ4n) is 4.40. The topological polar surface area (TPSA) is 115 Å². The average molecular weight is 588 g/mol. The van der Waals surface area contributed by atoms with Crippen molar-refractivity contribution >= 4 is 51.2 Å². The van der Waals surface area contributed by atoms with Gasteiger partial charge >= 0.3 is 0 Å². The molecule has 1 unspecified atom stereocenters. The molecule has 8 nitrogen and oxygen atoms in total. The van der Waals surface area contributed by atoms with Crippen molar-refractivity contribution in [3.05, 3.63) is 105 Å². The molecule has 2 aromatic heterocycles. The highest BCUT2D eigenvalue weighted by molar-refractivity contribution is 6.36. The van der Waals surface area contributed by atoms with Gasteiger partial charge in [-0.15, -0.1) is 5.10 Å². The second-order valence-electron chi connectivity index (χ2n) is 9.36. The summed E-state index contributed by atoms with van der Waals surface area (Å²) in [7, 11) is 0. The van der Waals surface area contributed by atoms with E-state index in [0.717, 1.165) is 25.0 Å². The minimum absolute atomic E-state index is 0.0132. The second-order valence-corrected chi connectivity index (χ2v) is 10.2. The van der Waals surface area contributed by atoms with Crippen molar-refractivity contribution in [3.8, 4) is 12.1 Å². The normalized spacial score (nSPS) is 14.5. The molecule has 1 fully saturated rings. The van der Waals surface area contributed by atoms with Crippen LogP contribution >= 0.6 is 23.2 Å². The van der Waals surface area contributed by atoms with E-state index < -0.39 is 23.3 Å². The Morgan fingerprint density at radius 2 is 1.88 bits per heavy atom. The van der Waals surface area contributed by atoms with Gasteiger partial charge in [0.2, 0.25) is 0 Å². The summed E-state index contributed by atoms with van der Waals surface area (Å²) in [6.07, 6.45) is 4.85. The fraction of sp³-hybridized carbons (Fsp3) is 0.138. The molecular weight excluding hydrogens is 569 g/mol. The molecule has 1 saturated carbocycles. The maximum absolute atomic E-state index is 14.8. The van der Waals surface area contributed by atoms with Crippen LogP contribution in [0.15, 0.2) is 60.9 Å². The molecule has 0 radical (unpaired) electrons. The van der Waals surface area contributed by atoms with Gasteiger partial charge in [-0.25, -0.2) is 13.5 Å². The highest BCUT2D eigenvalue weighted by Gasteiger charge is 2.27. The number of fused-ring (bicyclic) bond motifs is 1. The molecule has 41 heavy (non-hydrogen) atoms. The number of hydrogen-bond donors (Lipinski definition) is 2. The number of nitrogens with one attached hydrogen (secondary N) is 2. The van der Waals surface area contributed by atoms with Crippen molar-refractivity contribution in [1.82, 2.24) is 20.0 Å². The van der Waals surface area contributed by atoms with Gasteiger partial charge < -0.3 is 10.6 Å². The van der Waals surface area contributed by atoms with Crippen LogP contribution in [-0.2, 0) is 0 Å². The van der Waals surface area contributed by atoms with E-state index in [-0.39, 0.29) is 43.9 Å². The van der Waals surface area contributed by atoms with E-state index in [4.69, 9.17) is 23.2 Å². The molecule has 0 bridgehead atoms. The van der Waals surface area contributed by atoms with Crippen molar-refractivity contribution in [2.75, 3.05) is 10.6 Å². The monoisotopic (exact) mass is 587 g/mol. The van der Waals surface area contributed by atoms with Crippen LogP contribution < -0.4 is 10.6 Å². The van der Waals surface area contributed by atoms with Gasteiger partial charge in [-0.2, -0.15) is 10.5 Å². The van der Waals surface area contributed by atoms with E-state index in [1.54, 1.807) is 41.2 Å². The van der Waals surface area contributed by atoms with Crippen LogP contribution in [0.3, 0.4) is 0 Å². The van der Waals surface area contributed by atoms with Crippen molar-refractivity contribution in [1.29, 1.82) is 10.5 Å². The molecule has 1 aliphatic carbocycles. The zero-order valence-corrected chi connectivity index (χ0v) is 22.5. The number of halogens is 4. The molecule has 1 atom stereocenters. The minimum atomic E-state index is -1.74. The first-order valence-corrected chi connectivity index (χ1v) is 13.1. The Hall–Kier alpha value is -4.77. The SMILES string of the molecule is [2H]C(Nc1cc(Cl)c2ncc(C#N)c(Nc3c(F)ccc(Cl)c3F)c2c1)(c1cccc(C#N)c1)c1cn(C2CC2)nn1. The van der Waals surface area contributed by atoms with Crippen molar-refractivity contribution in [2.45, 2.75) is 24.9 Å². The number of nitriles is 2. The average Bonchev–Trinajstić information content (AvgIpc) is 3.72. The maximum atomic E-state index is 14.8. The van der Waals surface area contributed by atoms with E-state index in [0.29, 0.717) is 16.8 Å². The Kier molecular flexibility index (Phi) is 6.56. The van der Waals surface area contributed by atoms with Crippen LogP contribution in [0.5, 0.6) is 0 Å². The second kappa shape index (κ2) is 10.7. The van der Waals surface area contributed by atoms with E-state index in [9.17, 15) is 20.7 Å². The summed E-state index contributed by atoms with van der Waals surface area (Å²) < 4.78 is 40.8. The van der Waals surface area contributed by atoms with Crippen LogP contribution in [0.2, 0.25) is 10.0 Å². The summed E-state index contributed by atoms with van der Waals surface area (Å²) in [5.74, 6) is -1.96. The number of rotatable bonds is 7. The lowest BCUT2D eigenvalue weighted by Crippen LogP contribution is -2.13. The number of nitrogens with zero attached hydrogens (tertiary/aromatic N) is 6. The first-order chi connectivity index (χ1) is 20.2. The van der Waals surface area contributed by atoms with E-state index in [1.165, 1.54) is 12.3 Å². The van der Waals surface area contributed by atoms with Crippen molar-refractivity contribution < 1.29 is 10.2 Å². The van der Waals surface area contributed by atoms with Gasteiger partial charge in [0, 0.05) is 17.3 Å². The number of benzene rings is 3. The Morgan fingerprint density at radius 3 is 2.63 bits per heavy atom. The number of aromatic nitrogens is 4. The van der Waals surface area contributed by atoms with Crippen LogP contribution in [0, 0.1) is 34.3 Å². The zero-order valence-electron chi connectivity index (χ0n) is 22.0. The van der Waals surface area contributed by atoms with Gasteiger partial charge in [0.1, 0.15) is 23.3 Å². The summed E-state index contributed by atoms with van der Waals surface area (Å²) in [6.45, 7) is 0. The maximum Gasteiger partial charge on any atom is 0.168 e. The van der Waals surface area contributed by atoms with Crippen molar-refractivity contribution in [3.63, 3.8) is 0 Å². The fourth-order valence-corrected chi connectivity index (χ4v) is 4.82. The molecule has 12 heteroatoms. The predicted octanol–water partition coefficient (Wildman–Crippen LogP) is 7.43. The molecule has 3 aromatic carbocycles. The predicted molar refractivity (Wildman–Crippen MR) is 151 cm³/mol.